The first kappa shape index (κ1) is 11.1. The lowest BCUT2D eigenvalue weighted by molar-refractivity contribution is 0.0694. The third-order valence-electron chi connectivity index (χ3n) is 2.64. The van der Waals surface area contributed by atoms with E-state index in [9.17, 15) is 4.79 Å². The molecule has 1 atom stereocenters. The average molecular weight is 291 g/mol. The van der Waals surface area contributed by atoms with Gasteiger partial charge in [-0.15, -0.1) is 11.3 Å². The van der Waals surface area contributed by atoms with E-state index in [1.807, 2.05) is 6.92 Å². The number of halogens is 1. The highest BCUT2D eigenvalue weighted by Gasteiger charge is 2.28. The van der Waals surface area contributed by atoms with Gasteiger partial charge < -0.3 is 9.84 Å². The van der Waals surface area contributed by atoms with Crippen LogP contribution in [-0.2, 0) is 4.74 Å². The first-order valence-corrected chi connectivity index (χ1v) is 6.32. The molecule has 0 aliphatic carbocycles. The van der Waals surface area contributed by atoms with Gasteiger partial charge in [-0.1, -0.05) is 0 Å². The van der Waals surface area contributed by atoms with Crippen LogP contribution in [0.3, 0.4) is 0 Å². The Morgan fingerprint density at radius 2 is 2.40 bits per heavy atom. The fourth-order valence-electron chi connectivity index (χ4n) is 1.98. The second-order valence-electron chi connectivity index (χ2n) is 3.59. The molecule has 0 aromatic carbocycles. The minimum absolute atomic E-state index is 0.249. The number of aryl methyl sites for hydroxylation is 1. The summed E-state index contributed by atoms with van der Waals surface area (Å²) in [7, 11) is 0. The molecule has 0 bridgehead atoms. The molecule has 1 saturated heterocycles. The number of thiophene rings is 1. The maximum absolute atomic E-state index is 11.1. The molecular weight excluding hydrogens is 280 g/mol. The second kappa shape index (κ2) is 4.23. The van der Waals surface area contributed by atoms with Gasteiger partial charge >= 0.3 is 5.97 Å². The highest BCUT2D eigenvalue weighted by atomic mass is 79.9. The molecule has 0 amide bonds. The number of hydrogen-bond acceptors (Lipinski definition) is 3. The van der Waals surface area contributed by atoms with E-state index < -0.39 is 5.97 Å². The van der Waals surface area contributed by atoms with E-state index in [2.05, 4.69) is 15.9 Å². The molecule has 1 aromatic rings. The second-order valence-corrected chi connectivity index (χ2v) is 6.13. The summed E-state index contributed by atoms with van der Waals surface area (Å²) in [5.41, 5.74) is 1.38. The summed E-state index contributed by atoms with van der Waals surface area (Å²) in [5.74, 6) is -0.605. The van der Waals surface area contributed by atoms with Crippen LogP contribution in [0.15, 0.2) is 3.79 Å². The third-order valence-corrected chi connectivity index (χ3v) is 4.43. The summed E-state index contributed by atoms with van der Waals surface area (Å²) < 4.78 is 6.02. The van der Waals surface area contributed by atoms with Crippen molar-refractivity contribution in [2.24, 2.45) is 0 Å². The van der Waals surface area contributed by atoms with Crippen molar-refractivity contribution in [3.8, 4) is 0 Å². The van der Waals surface area contributed by atoms with Gasteiger partial charge in [0.05, 0.1) is 16.0 Å². The van der Waals surface area contributed by atoms with Gasteiger partial charge in [0.1, 0.15) is 0 Å². The van der Waals surface area contributed by atoms with Gasteiger partial charge in [0, 0.05) is 17.4 Å². The van der Waals surface area contributed by atoms with E-state index in [1.54, 1.807) is 0 Å². The number of hydrogen-bond donors (Lipinski definition) is 1. The predicted molar refractivity (Wildman–Crippen MR) is 61.9 cm³/mol. The van der Waals surface area contributed by atoms with E-state index in [-0.39, 0.29) is 5.92 Å². The largest absolute Gasteiger partial charge is 0.478 e. The van der Waals surface area contributed by atoms with Crippen LogP contribution >= 0.6 is 27.3 Å². The van der Waals surface area contributed by atoms with Crippen molar-refractivity contribution in [2.45, 2.75) is 19.3 Å². The number of aromatic carboxylic acids is 1. The maximum Gasteiger partial charge on any atom is 0.338 e. The van der Waals surface area contributed by atoms with Crippen molar-refractivity contribution in [2.75, 3.05) is 13.2 Å². The number of carbonyl (C=O) groups is 1. The first-order chi connectivity index (χ1) is 7.11. The van der Waals surface area contributed by atoms with E-state index in [0.717, 1.165) is 27.3 Å². The Labute approximate surface area is 100 Å². The Morgan fingerprint density at radius 1 is 1.67 bits per heavy atom. The molecule has 1 aliphatic heterocycles. The molecule has 1 N–H and O–H groups in total. The molecule has 1 aromatic heterocycles. The van der Waals surface area contributed by atoms with Crippen LogP contribution < -0.4 is 0 Å². The number of carboxylic acids is 1. The number of ether oxygens (including phenoxy) is 1. The summed E-state index contributed by atoms with van der Waals surface area (Å²) in [6.07, 6.45) is 0.921. The Balaban J connectivity index is 2.47. The summed E-state index contributed by atoms with van der Waals surface area (Å²) in [6.45, 7) is 3.34. The van der Waals surface area contributed by atoms with Gasteiger partial charge in [0.2, 0.25) is 0 Å². The molecule has 82 valence electrons. The quantitative estimate of drug-likeness (QED) is 0.911. The SMILES string of the molecule is Cc1sc(Br)c(C(=O)O)c1C1CCOC1. The molecule has 1 aliphatic rings. The van der Waals surface area contributed by atoms with Gasteiger partial charge in [-0.3, -0.25) is 0 Å². The number of rotatable bonds is 2. The summed E-state index contributed by atoms with van der Waals surface area (Å²) >= 11 is 4.80. The fourth-order valence-corrected chi connectivity index (χ4v) is 4.03. The van der Waals surface area contributed by atoms with Crippen molar-refractivity contribution < 1.29 is 14.6 Å². The summed E-state index contributed by atoms with van der Waals surface area (Å²) in [4.78, 5) is 12.2. The Kier molecular flexibility index (Phi) is 3.13. The molecule has 1 unspecified atom stereocenters. The third kappa shape index (κ3) is 1.96. The average Bonchev–Trinajstić information content (AvgIpc) is 2.71. The standard InChI is InChI=1S/C10H11BrO3S/c1-5-7(6-2-3-14-4-6)8(10(12)13)9(11)15-5/h6H,2-4H2,1H3,(H,12,13). The van der Waals surface area contributed by atoms with Crippen molar-refractivity contribution in [1.29, 1.82) is 0 Å². The molecular formula is C10H11BrO3S. The van der Waals surface area contributed by atoms with Gasteiger partial charge in [-0.2, -0.15) is 0 Å². The van der Waals surface area contributed by atoms with Gasteiger partial charge in [0.15, 0.2) is 0 Å². The van der Waals surface area contributed by atoms with Crippen LogP contribution in [0.1, 0.15) is 33.1 Å². The van der Waals surface area contributed by atoms with Crippen molar-refractivity contribution in [3.05, 3.63) is 19.8 Å². The minimum atomic E-state index is -0.854. The molecule has 0 radical (unpaired) electrons. The van der Waals surface area contributed by atoms with Crippen LogP contribution in [-0.4, -0.2) is 24.3 Å². The zero-order valence-electron chi connectivity index (χ0n) is 8.25. The van der Waals surface area contributed by atoms with Gasteiger partial charge in [-0.05, 0) is 34.8 Å². The Morgan fingerprint density at radius 3 is 2.93 bits per heavy atom. The monoisotopic (exact) mass is 290 g/mol. The lowest BCUT2D eigenvalue weighted by Crippen LogP contribution is -2.06. The topological polar surface area (TPSA) is 46.5 Å². The zero-order valence-corrected chi connectivity index (χ0v) is 10.7. The van der Waals surface area contributed by atoms with E-state index in [1.165, 1.54) is 11.3 Å². The zero-order chi connectivity index (χ0) is 11.0. The summed E-state index contributed by atoms with van der Waals surface area (Å²) in [5, 5.41) is 9.16. The maximum atomic E-state index is 11.1. The minimum Gasteiger partial charge on any atom is -0.478 e. The van der Waals surface area contributed by atoms with Crippen LogP contribution in [0.4, 0.5) is 0 Å². The van der Waals surface area contributed by atoms with Gasteiger partial charge in [-0.25, -0.2) is 4.79 Å². The van der Waals surface area contributed by atoms with E-state index in [0.29, 0.717) is 12.2 Å². The summed E-state index contributed by atoms with van der Waals surface area (Å²) in [6, 6.07) is 0. The van der Waals surface area contributed by atoms with E-state index in [4.69, 9.17) is 9.84 Å². The van der Waals surface area contributed by atoms with Gasteiger partial charge in [0.25, 0.3) is 0 Å². The Bertz CT molecular complexity index is 394. The normalized spacial score (nSPS) is 20.8. The molecule has 1 fully saturated rings. The lowest BCUT2D eigenvalue weighted by atomic mass is 9.95. The lowest BCUT2D eigenvalue weighted by Gasteiger charge is -2.08. The van der Waals surface area contributed by atoms with Crippen LogP contribution in [0.2, 0.25) is 0 Å². The Hall–Kier alpha value is -0.390. The fraction of sp³-hybridized carbons (Fsp3) is 0.500. The van der Waals surface area contributed by atoms with Crippen LogP contribution in [0.5, 0.6) is 0 Å². The molecule has 0 spiro atoms. The smallest absolute Gasteiger partial charge is 0.338 e. The van der Waals surface area contributed by atoms with Crippen LogP contribution in [0, 0.1) is 6.92 Å². The highest BCUT2D eigenvalue weighted by molar-refractivity contribution is 9.11. The molecule has 5 heteroatoms. The number of carboxylic acid groups (broad SMARTS) is 1. The molecule has 2 rings (SSSR count). The molecule has 2 heterocycles. The highest BCUT2D eigenvalue weighted by Crippen LogP contribution is 2.39. The molecule has 3 nitrogen and oxygen atoms in total. The van der Waals surface area contributed by atoms with E-state index >= 15 is 0 Å². The molecule has 15 heavy (non-hydrogen) atoms. The van der Waals surface area contributed by atoms with Crippen molar-refractivity contribution in [1.82, 2.24) is 0 Å². The molecule has 0 saturated carbocycles. The predicted octanol–water partition coefficient (Wildman–Crippen LogP) is 3.02. The van der Waals surface area contributed by atoms with Crippen LogP contribution in [0.25, 0.3) is 0 Å². The van der Waals surface area contributed by atoms with Crippen molar-refractivity contribution in [3.63, 3.8) is 0 Å². The van der Waals surface area contributed by atoms with Crippen molar-refractivity contribution >= 4 is 33.2 Å². The first-order valence-electron chi connectivity index (χ1n) is 4.71.